The van der Waals surface area contributed by atoms with Crippen molar-refractivity contribution in [1.82, 2.24) is 4.31 Å². The Kier molecular flexibility index (Phi) is 4.09. The third-order valence-corrected chi connectivity index (χ3v) is 3.51. The molecule has 15 heavy (non-hydrogen) atoms. The summed E-state index contributed by atoms with van der Waals surface area (Å²) in [6.45, 7) is 2.39. The van der Waals surface area contributed by atoms with Crippen LogP contribution in [0.4, 0.5) is 4.39 Å². The Balaban J connectivity index is 3.01. The highest BCUT2D eigenvalue weighted by Crippen LogP contribution is 2.18. The summed E-state index contributed by atoms with van der Waals surface area (Å²) in [5.74, 6) is -0.604. The minimum atomic E-state index is -1.50. The molecule has 0 fully saturated rings. The first-order chi connectivity index (χ1) is 7.10. The van der Waals surface area contributed by atoms with Crippen molar-refractivity contribution in [1.29, 1.82) is 5.26 Å². The van der Waals surface area contributed by atoms with Crippen molar-refractivity contribution in [2.24, 2.45) is 0 Å². The number of hydrogen-bond donors (Lipinski definition) is 0. The highest BCUT2D eigenvalue weighted by Gasteiger charge is 2.21. The molecule has 0 aliphatic carbocycles. The van der Waals surface area contributed by atoms with E-state index in [-0.39, 0.29) is 10.5 Å². The monoisotopic (exact) mass is 226 g/mol. The summed E-state index contributed by atoms with van der Waals surface area (Å²) < 4.78 is 26.6. The first-order valence-electron chi connectivity index (χ1n) is 4.42. The lowest BCUT2D eigenvalue weighted by Gasteiger charge is -2.18. The van der Waals surface area contributed by atoms with Crippen LogP contribution in [0.15, 0.2) is 23.1 Å². The molecule has 1 unspecified atom stereocenters. The number of benzene rings is 1. The molecule has 0 radical (unpaired) electrons. The van der Waals surface area contributed by atoms with Gasteiger partial charge < -0.3 is 4.55 Å². The lowest BCUT2D eigenvalue weighted by molar-refractivity contribution is 0.477. The van der Waals surface area contributed by atoms with Gasteiger partial charge in [0, 0.05) is 13.6 Å². The van der Waals surface area contributed by atoms with E-state index < -0.39 is 17.2 Å². The fourth-order valence-electron chi connectivity index (χ4n) is 0.997. The van der Waals surface area contributed by atoms with Crippen molar-refractivity contribution in [3.63, 3.8) is 0 Å². The summed E-state index contributed by atoms with van der Waals surface area (Å²) in [4.78, 5) is 0.110. The van der Waals surface area contributed by atoms with Crippen LogP contribution in [0.3, 0.4) is 0 Å². The van der Waals surface area contributed by atoms with E-state index in [0.717, 1.165) is 6.07 Å². The third-order valence-electron chi connectivity index (χ3n) is 1.98. The van der Waals surface area contributed by atoms with E-state index in [4.69, 9.17) is 5.26 Å². The van der Waals surface area contributed by atoms with Crippen molar-refractivity contribution in [2.45, 2.75) is 11.8 Å². The van der Waals surface area contributed by atoms with Crippen molar-refractivity contribution < 1.29 is 8.94 Å². The van der Waals surface area contributed by atoms with E-state index in [2.05, 4.69) is 0 Å². The van der Waals surface area contributed by atoms with Crippen molar-refractivity contribution in [2.75, 3.05) is 13.6 Å². The number of halogens is 1. The third kappa shape index (κ3) is 2.69. The molecule has 0 aliphatic rings. The van der Waals surface area contributed by atoms with Gasteiger partial charge in [-0.1, -0.05) is 0 Å². The van der Waals surface area contributed by atoms with Crippen molar-refractivity contribution in [3.05, 3.63) is 29.6 Å². The second-order valence-electron chi connectivity index (χ2n) is 2.95. The SMILES string of the molecule is CCN(C)[S+]([O-])c1ccc(C#N)cc1F. The Bertz CT molecular complexity index is 391. The fraction of sp³-hybridized carbons (Fsp3) is 0.300. The molecular formula is C10H11FN2OS. The Morgan fingerprint density at radius 3 is 2.73 bits per heavy atom. The van der Waals surface area contributed by atoms with E-state index in [1.807, 2.05) is 13.0 Å². The first kappa shape index (κ1) is 12.0. The molecule has 0 spiro atoms. The van der Waals surface area contributed by atoms with Gasteiger partial charge >= 0.3 is 0 Å². The maximum atomic E-state index is 13.4. The van der Waals surface area contributed by atoms with Gasteiger partial charge in [0.1, 0.15) is 0 Å². The molecule has 0 amide bonds. The van der Waals surface area contributed by atoms with Gasteiger partial charge in [-0.25, -0.2) is 4.39 Å². The van der Waals surface area contributed by atoms with Crippen LogP contribution in [-0.2, 0) is 11.4 Å². The van der Waals surface area contributed by atoms with Gasteiger partial charge in [0.25, 0.3) is 0 Å². The number of hydrogen-bond acceptors (Lipinski definition) is 3. The zero-order valence-electron chi connectivity index (χ0n) is 8.53. The van der Waals surface area contributed by atoms with E-state index in [1.54, 1.807) is 7.05 Å². The molecule has 0 N–H and O–H groups in total. The van der Waals surface area contributed by atoms with Crippen LogP contribution in [0.25, 0.3) is 0 Å². The summed E-state index contributed by atoms with van der Waals surface area (Å²) in [5, 5.41) is 8.54. The Hall–Kier alpha value is -1.09. The topological polar surface area (TPSA) is 50.1 Å². The van der Waals surface area contributed by atoms with Crippen molar-refractivity contribution in [3.8, 4) is 6.07 Å². The minimum Gasteiger partial charge on any atom is -0.593 e. The molecule has 1 aromatic rings. The molecule has 1 atom stereocenters. The lowest BCUT2D eigenvalue weighted by atomic mass is 10.2. The van der Waals surface area contributed by atoms with E-state index in [1.165, 1.54) is 16.4 Å². The Morgan fingerprint density at radius 1 is 1.60 bits per heavy atom. The predicted octanol–water partition coefficient (Wildman–Crippen LogP) is 1.67. The summed E-state index contributed by atoms with van der Waals surface area (Å²) in [5.41, 5.74) is 0.229. The maximum absolute atomic E-state index is 13.4. The number of rotatable bonds is 3. The van der Waals surface area contributed by atoms with Crippen LogP contribution in [0.1, 0.15) is 12.5 Å². The molecule has 0 aromatic heterocycles. The molecule has 0 saturated carbocycles. The van der Waals surface area contributed by atoms with Gasteiger partial charge in [-0.3, -0.25) is 0 Å². The number of nitriles is 1. The molecule has 0 heterocycles. The van der Waals surface area contributed by atoms with Crippen LogP contribution in [0.2, 0.25) is 0 Å². The zero-order valence-corrected chi connectivity index (χ0v) is 9.34. The van der Waals surface area contributed by atoms with Crippen LogP contribution in [-0.4, -0.2) is 22.5 Å². The predicted molar refractivity (Wildman–Crippen MR) is 55.8 cm³/mol. The Labute approximate surface area is 91.4 Å². The lowest BCUT2D eigenvalue weighted by Crippen LogP contribution is -2.27. The van der Waals surface area contributed by atoms with Crippen LogP contribution >= 0.6 is 0 Å². The largest absolute Gasteiger partial charge is 0.593 e. The molecule has 5 heteroatoms. The van der Waals surface area contributed by atoms with Gasteiger partial charge in [-0.15, -0.1) is 4.31 Å². The summed E-state index contributed by atoms with van der Waals surface area (Å²) >= 11 is -1.50. The van der Waals surface area contributed by atoms with Gasteiger partial charge in [0.2, 0.25) is 4.90 Å². The molecule has 0 bridgehead atoms. The summed E-state index contributed by atoms with van der Waals surface area (Å²) in [6.07, 6.45) is 0. The van der Waals surface area contributed by atoms with Crippen LogP contribution < -0.4 is 0 Å². The molecule has 1 rings (SSSR count). The zero-order chi connectivity index (χ0) is 11.4. The smallest absolute Gasteiger partial charge is 0.209 e. The van der Waals surface area contributed by atoms with Gasteiger partial charge in [0.05, 0.1) is 23.0 Å². The summed E-state index contributed by atoms with van der Waals surface area (Å²) in [6, 6.07) is 5.76. The van der Waals surface area contributed by atoms with E-state index in [0.29, 0.717) is 6.54 Å². The average Bonchev–Trinajstić information content (AvgIpc) is 2.26. The van der Waals surface area contributed by atoms with E-state index >= 15 is 0 Å². The fourth-order valence-corrected chi connectivity index (χ4v) is 1.98. The standard InChI is InChI=1S/C10H11FN2OS/c1-3-13(2)15(14)10-5-4-8(7-12)6-9(10)11/h4-6H,3H2,1-2H3. The van der Waals surface area contributed by atoms with Gasteiger partial charge in [0.15, 0.2) is 5.82 Å². The molecular weight excluding hydrogens is 215 g/mol. The highest BCUT2D eigenvalue weighted by atomic mass is 32.2. The highest BCUT2D eigenvalue weighted by molar-refractivity contribution is 7.89. The Morgan fingerprint density at radius 2 is 2.27 bits per heavy atom. The van der Waals surface area contributed by atoms with Gasteiger partial charge in [-0.2, -0.15) is 5.26 Å². The number of nitrogens with zero attached hydrogens (tertiary/aromatic N) is 2. The molecule has 3 nitrogen and oxygen atoms in total. The van der Waals surface area contributed by atoms with Crippen LogP contribution in [0, 0.1) is 17.1 Å². The second-order valence-corrected chi connectivity index (χ2v) is 4.51. The molecule has 0 saturated heterocycles. The molecule has 1 aromatic carbocycles. The van der Waals surface area contributed by atoms with E-state index in [9.17, 15) is 8.94 Å². The second kappa shape index (κ2) is 5.12. The normalized spacial score (nSPS) is 12.5. The maximum Gasteiger partial charge on any atom is 0.209 e. The summed E-state index contributed by atoms with van der Waals surface area (Å²) in [7, 11) is 1.65. The average molecular weight is 226 g/mol. The van der Waals surface area contributed by atoms with Gasteiger partial charge in [-0.05, 0) is 25.1 Å². The van der Waals surface area contributed by atoms with Crippen molar-refractivity contribution >= 4 is 11.4 Å². The first-order valence-corrected chi connectivity index (χ1v) is 5.53. The quantitative estimate of drug-likeness (QED) is 0.737. The molecule has 80 valence electrons. The van der Waals surface area contributed by atoms with Crippen LogP contribution in [0.5, 0.6) is 0 Å². The molecule has 0 aliphatic heterocycles. The minimum absolute atomic E-state index is 0.110.